The summed E-state index contributed by atoms with van der Waals surface area (Å²) in [6.45, 7) is 10.0. The third-order valence-corrected chi connectivity index (χ3v) is 4.15. The maximum atomic E-state index is 11.8. The van der Waals surface area contributed by atoms with Crippen LogP contribution < -0.4 is 16.0 Å². The van der Waals surface area contributed by atoms with Crippen molar-refractivity contribution in [3.05, 3.63) is 47.8 Å². The van der Waals surface area contributed by atoms with Gasteiger partial charge in [0.2, 0.25) is 0 Å². The van der Waals surface area contributed by atoms with E-state index in [9.17, 15) is 4.79 Å². The maximum absolute atomic E-state index is 11.8. The Hall–Kier alpha value is -3.03. The third kappa shape index (κ3) is 8.98. The van der Waals surface area contributed by atoms with Gasteiger partial charge in [-0.1, -0.05) is 12.1 Å². The van der Waals surface area contributed by atoms with E-state index in [0.29, 0.717) is 5.69 Å². The topological polar surface area (TPSA) is 92.6 Å². The van der Waals surface area contributed by atoms with E-state index in [1.54, 1.807) is 7.05 Å². The van der Waals surface area contributed by atoms with Crippen LogP contribution in [0.4, 0.5) is 10.5 Å². The van der Waals surface area contributed by atoms with Crippen molar-refractivity contribution in [2.75, 3.05) is 25.5 Å². The fourth-order valence-corrected chi connectivity index (χ4v) is 2.76. The number of benzene rings is 1. The van der Waals surface area contributed by atoms with E-state index >= 15 is 0 Å². The number of aliphatic imine (C=N–C) groups is 1. The largest absolute Gasteiger partial charge is 0.444 e. The lowest BCUT2D eigenvalue weighted by Crippen LogP contribution is -2.39. The van der Waals surface area contributed by atoms with Crippen molar-refractivity contribution in [2.24, 2.45) is 4.99 Å². The Bertz CT molecular complexity index is 821. The summed E-state index contributed by atoms with van der Waals surface area (Å²) in [7, 11) is 1.77. The van der Waals surface area contributed by atoms with Crippen molar-refractivity contribution < 1.29 is 9.53 Å². The van der Waals surface area contributed by atoms with E-state index in [0.717, 1.165) is 38.4 Å². The van der Waals surface area contributed by atoms with Gasteiger partial charge in [0.05, 0.1) is 6.20 Å². The van der Waals surface area contributed by atoms with Gasteiger partial charge in [0, 0.05) is 38.6 Å². The SMILES string of the molecule is CN=C(NCCCn1cc(C)cn1)NCCc1ccc(NC(=O)OC(C)(C)C)cc1. The standard InChI is InChI=1S/C22H34N6O2/c1-17-15-26-28(16-17)14-6-12-24-20(23-5)25-13-11-18-7-9-19(10-8-18)27-21(29)30-22(2,3)4/h7-10,15-16H,6,11-14H2,1-5H3,(H,27,29)(H2,23,24,25). The predicted octanol–water partition coefficient (Wildman–Crippen LogP) is 3.34. The highest BCUT2D eigenvalue weighted by molar-refractivity contribution is 5.84. The van der Waals surface area contributed by atoms with Crippen LogP contribution >= 0.6 is 0 Å². The van der Waals surface area contributed by atoms with E-state index < -0.39 is 11.7 Å². The van der Waals surface area contributed by atoms with Gasteiger partial charge in [0.1, 0.15) is 5.60 Å². The Morgan fingerprint density at radius 2 is 1.87 bits per heavy atom. The first kappa shape index (κ1) is 23.3. The Balaban J connectivity index is 1.66. The minimum atomic E-state index is -0.513. The van der Waals surface area contributed by atoms with E-state index in [-0.39, 0.29) is 0 Å². The average Bonchev–Trinajstić information content (AvgIpc) is 3.08. The highest BCUT2D eigenvalue weighted by Crippen LogP contribution is 2.13. The molecule has 8 nitrogen and oxygen atoms in total. The first-order valence-electron chi connectivity index (χ1n) is 10.3. The number of aromatic nitrogens is 2. The Morgan fingerprint density at radius 1 is 1.17 bits per heavy atom. The number of carbonyl (C=O) groups is 1. The van der Waals surface area contributed by atoms with E-state index in [4.69, 9.17) is 4.74 Å². The van der Waals surface area contributed by atoms with Gasteiger partial charge in [-0.2, -0.15) is 5.10 Å². The predicted molar refractivity (Wildman–Crippen MR) is 121 cm³/mol. The summed E-state index contributed by atoms with van der Waals surface area (Å²) in [5, 5.41) is 13.7. The van der Waals surface area contributed by atoms with Crippen LogP contribution in [0.3, 0.4) is 0 Å². The maximum Gasteiger partial charge on any atom is 0.412 e. The molecule has 0 radical (unpaired) electrons. The molecule has 0 spiro atoms. The molecule has 0 aliphatic rings. The quantitative estimate of drug-likeness (QED) is 0.350. The minimum Gasteiger partial charge on any atom is -0.444 e. The summed E-state index contributed by atoms with van der Waals surface area (Å²) in [5.41, 5.74) is 2.54. The summed E-state index contributed by atoms with van der Waals surface area (Å²) >= 11 is 0. The Morgan fingerprint density at radius 3 is 2.47 bits per heavy atom. The average molecular weight is 415 g/mol. The van der Waals surface area contributed by atoms with Crippen LogP contribution in [0.15, 0.2) is 41.7 Å². The number of nitrogens with zero attached hydrogens (tertiary/aromatic N) is 3. The molecular weight excluding hydrogens is 380 g/mol. The van der Waals surface area contributed by atoms with Crippen molar-refractivity contribution in [3.63, 3.8) is 0 Å². The summed E-state index contributed by atoms with van der Waals surface area (Å²) < 4.78 is 7.21. The normalized spacial score (nSPS) is 11.8. The zero-order valence-corrected chi connectivity index (χ0v) is 18.7. The van der Waals surface area contributed by atoms with Gasteiger partial charge in [0.25, 0.3) is 0 Å². The van der Waals surface area contributed by atoms with Crippen molar-refractivity contribution in [2.45, 2.75) is 52.7 Å². The number of hydrogen-bond acceptors (Lipinski definition) is 4. The number of amides is 1. The van der Waals surface area contributed by atoms with Crippen molar-refractivity contribution in [3.8, 4) is 0 Å². The summed E-state index contributed by atoms with van der Waals surface area (Å²) in [6.07, 6.45) is 5.28. The van der Waals surface area contributed by atoms with E-state index in [2.05, 4.69) is 26.0 Å². The van der Waals surface area contributed by atoms with Crippen LogP contribution in [0.2, 0.25) is 0 Å². The van der Waals surface area contributed by atoms with E-state index in [1.165, 1.54) is 11.1 Å². The Labute approximate surface area is 179 Å². The lowest BCUT2D eigenvalue weighted by molar-refractivity contribution is 0.0636. The first-order valence-corrected chi connectivity index (χ1v) is 10.3. The van der Waals surface area contributed by atoms with Crippen molar-refractivity contribution >= 4 is 17.7 Å². The second-order valence-electron chi connectivity index (χ2n) is 8.13. The number of anilines is 1. The molecule has 3 N–H and O–H groups in total. The Kier molecular flexibility index (Phi) is 8.70. The molecule has 0 aliphatic carbocycles. The van der Waals surface area contributed by atoms with Crippen LogP contribution in [0.5, 0.6) is 0 Å². The monoisotopic (exact) mass is 414 g/mol. The number of hydrogen-bond donors (Lipinski definition) is 3. The zero-order chi connectivity index (χ0) is 22.0. The molecule has 164 valence electrons. The van der Waals surface area contributed by atoms with Gasteiger partial charge in [-0.25, -0.2) is 4.79 Å². The second kappa shape index (κ2) is 11.2. The number of ether oxygens (including phenoxy) is 1. The van der Waals surface area contributed by atoms with Crippen molar-refractivity contribution in [1.82, 2.24) is 20.4 Å². The van der Waals surface area contributed by atoms with Crippen LogP contribution in [0.25, 0.3) is 0 Å². The van der Waals surface area contributed by atoms with Crippen LogP contribution in [0.1, 0.15) is 38.3 Å². The number of carbonyl (C=O) groups excluding carboxylic acids is 1. The minimum absolute atomic E-state index is 0.450. The van der Waals surface area contributed by atoms with Gasteiger partial charge in [0.15, 0.2) is 5.96 Å². The number of rotatable bonds is 8. The highest BCUT2D eigenvalue weighted by Gasteiger charge is 2.16. The third-order valence-electron chi connectivity index (χ3n) is 4.15. The molecule has 0 aliphatic heterocycles. The van der Waals surface area contributed by atoms with Gasteiger partial charge >= 0.3 is 6.09 Å². The summed E-state index contributed by atoms with van der Waals surface area (Å²) in [5.74, 6) is 0.787. The van der Waals surface area contributed by atoms with E-state index in [1.807, 2.05) is 69.0 Å². The van der Waals surface area contributed by atoms with Crippen molar-refractivity contribution in [1.29, 1.82) is 0 Å². The fraction of sp³-hybridized carbons (Fsp3) is 0.500. The van der Waals surface area contributed by atoms with Gasteiger partial charge in [-0.05, 0) is 63.8 Å². The molecular formula is C22H34N6O2. The molecule has 0 unspecified atom stereocenters. The molecule has 0 saturated heterocycles. The number of nitrogens with one attached hydrogen (secondary N) is 3. The molecule has 0 saturated carbocycles. The van der Waals surface area contributed by atoms with Gasteiger partial charge in [-0.15, -0.1) is 0 Å². The molecule has 0 fully saturated rings. The number of guanidine groups is 1. The molecule has 8 heteroatoms. The molecule has 2 rings (SSSR count). The fourth-order valence-electron chi connectivity index (χ4n) is 2.76. The molecule has 1 heterocycles. The van der Waals surface area contributed by atoms with Gasteiger partial charge < -0.3 is 15.4 Å². The van der Waals surface area contributed by atoms with Crippen LogP contribution in [0, 0.1) is 6.92 Å². The molecule has 30 heavy (non-hydrogen) atoms. The lowest BCUT2D eigenvalue weighted by Gasteiger charge is -2.19. The zero-order valence-electron chi connectivity index (χ0n) is 18.7. The lowest BCUT2D eigenvalue weighted by atomic mass is 10.1. The molecule has 2 aromatic rings. The first-order chi connectivity index (χ1) is 14.2. The van der Waals surface area contributed by atoms with Crippen LogP contribution in [-0.2, 0) is 17.7 Å². The van der Waals surface area contributed by atoms with Gasteiger partial charge in [-0.3, -0.25) is 15.0 Å². The second-order valence-corrected chi connectivity index (χ2v) is 8.13. The molecule has 0 bridgehead atoms. The van der Waals surface area contributed by atoms with Crippen LogP contribution in [-0.4, -0.2) is 47.6 Å². The molecule has 1 aromatic heterocycles. The molecule has 0 atom stereocenters. The number of aryl methyl sites for hydroxylation is 2. The summed E-state index contributed by atoms with van der Waals surface area (Å²) in [6, 6.07) is 7.75. The highest BCUT2D eigenvalue weighted by atomic mass is 16.6. The molecule has 1 aromatic carbocycles. The molecule has 1 amide bonds. The summed E-state index contributed by atoms with van der Waals surface area (Å²) in [4.78, 5) is 16.1. The smallest absolute Gasteiger partial charge is 0.412 e.